The van der Waals surface area contributed by atoms with Gasteiger partial charge in [-0.1, -0.05) is 30.3 Å². The van der Waals surface area contributed by atoms with Crippen LogP contribution in [0.15, 0.2) is 30.3 Å². The molecule has 1 aliphatic rings. The first-order chi connectivity index (χ1) is 8.59. The third-order valence-corrected chi connectivity index (χ3v) is 2.68. The number of aliphatic carboxylic acids is 1. The van der Waals surface area contributed by atoms with Crippen molar-refractivity contribution in [2.24, 2.45) is 0 Å². The van der Waals surface area contributed by atoms with Crippen LogP contribution < -0.4 is 0 Å². The molecule has 1 aromatic rings. The van der Waals surface area contributed by atoms with Crippen LogP contribution in [0.2, 0.25) is 0 Å². The molecule has 5 nitrogen and oxygen atoms in total. The molecule has 2 rings (SSSR count). The van der Waals surface area contributed by atoms with Gasteiger partial charge < -0.3 is 19.3 Å². The maximum atomic E-state index is 10.7. The van der Waals surface area contributed by atoms with Crippen LogP contribution in [0.3, 0.4) is 0 Å². The van der Waals surface area contributed by atoms with Gasteiger partial charge in [-0.05, 0) is 12.5 Å². The predicted octanol–water partition coefficient (Wildman–Crippen LogP) is 1.42. The molecule has 1 heterocycles. The molecule has 0 spiro atoms. The first-order valence-electron chi connectivity index (χ1n) is 5.75. The molecule has 1 fully saturated rings. The van der Waals surface area contributed by atoms with Gasteiger partial charge in [0.2, 0.25) is 0 Å². The molecule has 1 aromatic carbocycles. The Hall–Kier alpha value is -1.43. The lowest BCUT2D eigenvalue weighted by Gasteiger charge is -2.22. The molecule has 1 aliphatic heterocycles. The van der Waals surface area contributed by atoms with Crippen molar-refractivity contribution in [1.29, 1.82) is 0 Å². The normalized spacial score (nSPS) is 27.3. The van der Waals surface area contributed by atoms with Crippen molar-refractivity contribution in [3.63, 3.8) is 0 Å². The van der Waals surface area contributed by atoms with Crippen molar-refractivity contribution in [1.82, 2.24) is 0 Å². The molecule has 0 radical (unpaired) electrons. The third kappa shape index (κ3) is 3.29. The lowest BCUT2D eigenvalue weighted by atomic mass is 10.2. The van der Waals surface area contributed by atoms with Gasteiger partial charge in [-0.3, -0.25) is 0 Å². The molecule has 0 unspecified atom stereocenters. The highest BCUT2D eigenvalue weighted by molar-refractivity contribution is 5.72. The molecule has 1 saturated heterocycles. The Morgan fingerprint density at radius 1 is 1.50 bits per heavy atom. The maximum Gasteiger partial charge on any atom is 0.335 e. The van der Waals surface area contributed by atoms with E-state index in [1.54, 1.807) is 6.92 Å². The Morgan fingerprint density at radius 3 is 2.83 bits per heavy atom. The summed E-state index contributed by atoms with van der Waals surface area (Å²) >= 11 is 0. The summed E-state index contributed by atoms with van der Waals surface area (Å²) in [5.74, 6) is -1.99. The molecule has 0 amide bonds. The molecule has 18 heavy (non-hydrogen) atoms. The Kier molecular flexibility index (Phi) is 3.96. The second-order valence-corrected chi connectivity index (χ2v) is 4.37. The van der Waals surface area contributed by atoms with Crippen LogP contribution in [0.4, 0.5) is 0 Å². The summed E-state index contributed by atoms with van der Waals surface area (Å²) in [5, 5.41) is 8.80. The molecule has 98 valence electrons. The maximum absolute atomic E-state index is 10.7. The second-order valence-electron chi connectivity index (χ2n) is 4.37. The number of carbonyl (C=O) groups is 1. The van der Waals surface area contributed by atoms with Crippen molar-refractivity contribution in [2.75, 3.05) is 13.2 Å². The summed E-state index contributed by atoms with van der Waals surface area (Å²) in [6.07, 6.45) is -0.907. The van der Waals surface area contributed by atoms with E-state index in [1.807, 2.05) is 30.3 Å². The van der Waals surface area contributed by atoms with E-state index in [9.17, 15) is 4.79 Å². The summed E-state index contributed by atoms with van der Waals surface area (Å²) in [6.45, 7) is 2.38. The molecule has 1 N–H and O–H groups in total. The fraction of sp³-hybridized carbons (Fsp3) is 0.462. The smallest absolute Gasteiger partial charge is 0.335 e. The number of carboxylic acid groups (broad SMARTS) is 1. The minimum Gasteiger partial charge on any atom is -0.479 e. The first kappa shape index (κ1) is 13.0. The fourth-order valence-electron chi connectivity index (χ4n) is 1.75. The SMILES string of the molecule is C[C@]1(COCc2ccccc2)OC[C@H](C(=O)O)O1. The summed E-state index contributed by atoms with van der Waals surface area (Å²) in [4.78, 5) is 10.7. The lowest BCUT2D eigenvalue weighted by molar-refractivity contribution is -0.197. The molecule has 0 aliphatic carbocycles. The lowest BCUT2D eigenvalue weighted by Crippen LogP contribution is -2.34. The van der Waals surface area contributed by atoms with Crippen molar-refractivity contribution in [3.05, 3.63) is 35.9 Å². The van der Waals surface area contributed by atoms with Gasteiger partial charge >= 0.3 is 5.97 Å². The van der Waals surface area contributed by atoms with Gasteiger partial charge in [-0.15, -0.1) is 0 Å². The first-order valence-corrected chi connectivity index (χ1v) is 5.75. The van der Waals surface area contributed by atoms with E-state index >= 15 is 0 Å². The monoisotopic (exact) mass is 252 g/mol. The van der Waals surface area contributed by atoms with Crippen molar-refractivity contribution < 1.29 is 24.1 Å². The summed E-state index contributed by atoms with van der Waals surface area (Å²) in [7, 11) is 0. The standard InChI is InChI=1S/C13H16O5/c1-13(17-8-11(18-13)12(14)15)9-16-7-10-5-3-2-4-6-10/h2-6,11H,7-9H2,1H3,(H,14,15)/t11-,13+/m1/s1. The van der Waals surface area contributed by atoms with Gasteiger partial charge in [0.15, 0.2) is 11.9 Å². The van der Waals surface area contributed by atoms with Crippen LogP contribution >= 0.6 is 0 Å². The second kappa shape index (κ2) is 5.48. The van der Waals surface area contributed by atoms with Gasteiger partial charge in [0.05, 0.1) is 13.2 Å². The van der Waals surface area contributed by atoms with Crippen LogP contribution in [-0.2, 0) is 25.6 Å². The molecule has 0 saturated carbocycles. The molecule has 0 aromatic heterocycles. The van der Waals surface area contributed by atoms with Crippen LogP contribution in [-0.4, -0.2) is 36.2 Å². The van der Waals surface area contributed by atoms with E-state index in [1.165, 1.54) is 0 Å². The average molecular weight is 252 g/mol. The van der Waals surface area contributed by atoms with Gasteiger partial charge in [0.25, 0.3) is 0 Å². The van der Waals surface area contributed by atoms with Crippen molar-refractivity contribution in [2.45, 2.75) is 25.4 Å². The molecular formula is C13H16O5. The molecule has 0 bridgehead atoms. The Balaban J connectivity index is 1.79. The zero-order valence-corrected chi connectivity index (χ0v) is 10.2. The molecule has 2 atom stereocenters. The highest BCUT2D eigenvalue weighted by Gasteiger charge is 2.40. The minimum absolute atomic E-state index is 0.0561. The van der Waals surface area contributed by atoms with Crippen LogP contribution in [0, 0.1) is 0 Å². The van der Waals surface area contributed by atoms with Gasteiger partial charge in [-0.25, -0.2) is 4.79 Å². The van der Waals surface area contributed by atoms with E-state index in [2.05, 4.69) is 0 Å². The quantitative estimate of drug-likeness (QED) is 0.858. The number of benzene rings is 1. The number of hydrogen-bond donors (Lipinski definition) is 1. The van der Waals surface area contributed by atoms with E-state index < -0.39 is 17.9 Å². The Morgan fingerprint density at radius 2 is 2.22 bits per heavy atom. The summed E-state index contributed by atoms with van der Waals surface area (Å²) in [6, 6.07) is 9.72. The van der Waals surface area contributed by atoms with Crippen LogP contribution in [0.5, 0.6) is 0 Å². The molecular weight excluding hydrogens is 236 g/mol. The predicted molar refractivity (Wildman–Crippen MR) is 63.0 cm³/mol. The van der Waals surface area contributed by atoms with Crippen LogP contribution in [0.1, 0.15) is 12.5 Å². The Bertz CT molecular complexity index is 405. The number of hydrogen-bond acceptors (Lipinski definition) is 4. The number of rotatable bonds is 5. The van der Waals surface area contributed by atoms with Crippen molar-refractivity contribution in [3.8, 4) is 0 Å². The van der Waals surface area contributed by atoms with Crippen LogP contribution in [0.25, 0.3) is 0 Å². The number of ether oxygens (including phenoxy) is 3. The van der Waals surface area contributed by atoms with E-state index in [4.69, 9.17) is 19.3 Å². The Labute approximate surface area is 105 Å². The van der Waals surface area contributed by atoms with Gasteiger partial charge in [0.1, 0.15) is 6.61 Å². The third-order valence-electron chi connectivity index (χ3n) is 2.68. The van der Waals surface area contributed by atoms with Gasteiger partial charge in [-0.2, -0.15) is 0 Å². The average Bonchev–Trinajstić information content (AvgIpc) is 2.74. The molecule has 5 heteroatoms. The highest BCUT2D eigenvalue weighted by atomic mass is 16.8. The summed E-state index contributed by atoms with van der Waals surface area (Å²) in [5.41, 5.74) is 1.05. The fourth-order valence-corrected chi connectivity index (χ4v) is 1.75. The van der Waals surface area contributed by atoms with E-state index in [0.29, 0.717) is 6.61 Å². The topological polar surface area (TPSA) is 65.0 Å². The van der Waals surface area contributed by atoms with E-state index in [0.717, 1.165) is 5.56 Å². The van der Waals surface area contributed by atoms with E-state index in [-0.39, 0.29) is 13.2 Å². The summed E-state index contributed by atoms with van der Waals surface area (Å²) < 4.78 is 16.1. The minimum atomic E-state index is -1.01. The number of carboxylic acids is 1. The van der Waals surface area contributed by atoms with Gasteiger partial charge in [0, 0.05) is 0 Å². The largest absolute Gasteiger partial charge is 0.479 e. The highest BCUT2D eigenvalue weighted by Crippen LogP contribution is 2.24. The van der Waals surface area contributed by atoms with Crippen molar-refractivity contribution >= 4 is 5.97 Å². The zero-order chi connectivity index (χ0) is 13.0. The zero-order valence-electron chi connectivity index (χ0n) is 10.2.